The molecule has 0 aromatic rings. The number of hydrogen-bond donors (Lipinski definition) is 2. The van der Waals surface area contributed by atoms with Gasteiger partial charge in [0.05, 0.1) is 0 Å². The maximum atomic E-state index is 11.7. The van der Waals surface area contributed by atoms with Crippen molar-refractivity contribution in [3.8, 4) is 0 Å². The molecule has 2 atom stereocenters. The van der Waals surface area contributed by atoms with Crippen LogP contribution in [0.1, 0.15) is 39.5 Å². The highest BCUT2D eigenvalue weighted by Gasteiger charge is 2.27. The maximum absolute atomic E-state index is 11.7. The standard InChI is InChI=1S/C12H25N3O2S/c1-10-4-3-7-15(9-10)11(2)8-13-18(16,17)14-12-5-6-12/h10-14H,3-9H2,1-2H3/t10-,11+/m1/s1. The number of piperidine rings is 1. The van der Waals surface area contributed by atoms with Crippen molar-refractivity contribution in [1.29, 1.82) is 0 Å². The Kier molecular flexibility index (Phi) is 4.64. The number of rotatable bonds is 6. The lowest BCUT2D eigenvalue weighted by atomic mass is 9.99. The highest BCUT2D eigenvalue weighted by atomic mass is 32.2. The van der Waals surface area contributed by atoms with Gasteiger partial charge in [-0.1, -0.05) is 6.92 Å². The number of nitrogens with zero attached hydrogens (tertiary/aromatic N) is 1. The second-order valence-electron chi connectivity index (χ2n) is 5.84. The van der Waals surface area contributed by atoms with Crippen LogP contribution in [0.5, 0.6) is 0 Å². The van der Waals surface area contributed by atoms with Crippen LogP contribution in [0.25, 0.3) is 0 Å². The van der Waals surface area contributed by atoms with Gasteiger partial charge in [0.1, 0.15) is 0 Å². The summed E-state index contributed by atoms with van der Waals surface area (Å²) in [6.07, 6.45) is 4.46. The molecule has 5 nitrogen and oxygen atoms in total. The summed E-state index contributed by atoms with van der Waals surface area (Å²) < 4.78 is 28.7. The molecule has 1 aliphatic heterocycles. The van der Waals surface area contributed by atoms with E-state index in [-0.39, 0.29) is 12.1 Å². The second kappa shape index (κ2) is 5.86. The van der Waals surface area contributed by atoms with E-state index in [0.29, 0.717) is 6.54 Å². The third-order valence-electron chi connectivity index (χ3n) is 3.78. The highest BCUT2D eigenvalue weighted by Crippen LogP contribution is 2.19. The van der Waals surface area contributed by atoms with Crippen LogP contribution in [0.3, 0.4) is 0 Å². The molecule has 0 radical (unpaired) electrons. The van der Waals surface area contributed by atoms with Crippen LogP contribution in [0, 0.1) is 5.92 Å². The molecule has 1 saturated heterocycles. The topological polar surface area (TPSA) is 61.4 Å². The van der Waals surface area contributed by atoms with Gasteiger partial charge < -0.3 is 0 Å². The van der Waals surface area contributed by atoms with Gasteiger partial charge in [-0.25, -0.2) is 4.72 Å². The molecule has 1 heterocycles. The van der Waals surface area contributed by atoms with Gasteiger partial charge in [-0.15, -0.1) is 0 Å². The Morgan fingerprint density at radius 2 is 2.06 bits per heavy atom. The summed E-state index contributed by atoms with van der Waals surface area (Å²) in [7, 11) is -3.29. The van der Waals surface area contributed by atoms with E-state index in [1.54, 1.807) is 0 Å². The molecule has 2 aliphatic rings. The Hall–Kier alpha value is -0.170. The van der Waals surface area contributed by atoms with E-state index >= 15 is 0 Å². The first-order valence-corrected chi connectivity index (χ1v) is 8.45. The summed E-state index contributed by atoms with van der Waals surface area (Å²) in [5.41, 5.74) is 0. The summed E-state index contributed by atoms with van der Waals surface area (Å²) in [6, 6.07) is 0.441. The minimum absolute atomic E-state index is 0.174. The summed E-state index contributed by atoms with van der Waals surface area (Å²) in [5.74, 6) is 0.724. The molecule has 0 aromatic carbocycles. The molecule has 2 N–H and O–H groups in total. The summed E-state index contributed by atoms with van der Waals surface area (Å²) in [5, 5.41) is 0. The van der Waals surface area contributed by atoms with Gasteiger partial charge in [0.2, 0.25) is 0 Å². The molecule has 0 spiro atoms. The molecule has 2 fully saturated rings. The molecule has 2 rings (SSSR count). The molecule has 0 bridgehead atoms. The predicted octanol–water partition coefficient (Wildman–Crippen LogP) is 0.693. The minimum atomic E-state index is -3.29. The maximum Gasteiger partial charge on any atom is 0.277 e. The van der Waals surface area contributed by atoms with E-state index < -0.39 is 10.2 Å². The lowest BCUT2D eigenvalue weighted by Gasteiger charge is -2.35. The Morgan fingerprint density at radius 1 is 1.33 bits per heavy atom. The van der Waals surface area contributed by atoms with Crippen LogP contribution in [0.15, 0.2) is 0 Å². The van der Waals surface area contributed by atoms with Gasteiger partial charge in [-0.2, -0.15) is 13.1 Å². The van der Waals surface area contributed by atoms with Gasteiger partial charge in [0.15, 0.2) is 0 Å². The van der Waals surface area contributed by atoms with Crippen LogP contribution >= 0.6 is 0 Å². The fourth-order valence-electron chi connectivity index (χ4n) is 2.45. The number of nitrogens with one attached hydrogen (secondary N) is 2. The van der Waals surface area contributed by atoms with Crippen molar-refractivity contribution >= 4 is 10.2 Å². The smallest absolute Gasteiger partial charge is 0.277 e. The van der Waals surface area contributed by atoms with Crippen LogP contribution in [0.4, 0.5) is 0 Å². The molecule has 106 valence electrons. The molecule has 0 aromatic heterocycles. The average molecular weight is 275 g/mol. The lowest BCUT2D eigenvalue weighted by Crippen LogP contribution is -2.48. The molecular weight excluding hydrogens is 250 g/mol. The summed E-state index contributed by atoms with van der Waals surface area (Å²) in [4.78, 5) is 2.38. The SMILES string of the molecule is C[C@@H]1CCCN([C@@H](C)CNS(=O)(=O)NC2CC2)C1. The van der Waals surface area contributed by atoms with E-state index in [1.165, 1.54) is 12.8 Å². The monoisotopic (exact) mass is 275 g/mol. The van der Waals surface area contributed by atoms with Crippen LogP contribution < -0.4 is 9.44 Å². The van der Waals surface area contributed by atoms with E-state index in [4.69, 9.17) is 0 Å². The van der Waals surface area contributed by atoms with Crippen LogP contribution in [-0.4, -0.2) is 45.0 Å². The van der Waals surface area contributed by atoms with Crippen LogP contribution in [0.2, 0.25) is 0 Å². The van der Waals surface area contributed by atoms with E-state index in [2.05, 4.69) is 28.2 Å². The van der Waals surface area contributed by atoms with Gasteiger partial charge >= 0.3 is 0 Å². The zero-order chi connectivity index (χ0) is 13.2. The van der Waals surface area contributed by atoms with E-state index in [1.807, 2.05) is 0 Å². The molecule has 6 heteroatoms. The van der Waals surface area contributed by atoms with Gasteiger partial charge in [0.25, 0.3) is 10.2 Å². The van der Waals surface area contributed by atoms with Crippen molar-refractivity contribution in [3.05, 3.63) is 0 Å². The Labute approximate surface area is 110 Å². The molecule has 1 saturated carbocycles. The number of likely N-dealkylation sites (tertiary alicyclic amines) is 1. The molecule has 0 unspecified atom stereocenters. The Bertz CT molecular complexity index is 368. The fraction of sp³-hybridized carbons (Fsp3) is 1.00. The molecular formula is C12H25N3O2S. The van der Waals surface area contributed by atoms with E-state index in [0.717, 1.165) is 31.8 Å². The zero-order valence-corrected chi connectivity index (χ0v) is 12.2. The van der Waals surface area contributed by atoms with Gasteiger partial charge in [-0.05, 0) is 45.1 Å². The van der Waals surface area contributed by atoms with Gasteiger partial charge in [0, 0.05) is 25.2 Å². The Morgan fingerprint density at radius 3 is 2.67 bits per heavy atom. The first kappa shape index (κ1) is 14.2. The quantitative estimate of drug-likeness (QED) is 0.750. The van der Waals surface area contributed by atoms with Gasteiger partial charge in [-0.3, -0.25) is 4.90 Å². The third-order valence-corrected chi connectivity index (χ3v) is 4.97. The second-order valence-corrected chi connectivity index (χ2v) is 7.37. The lowest BCUT2D eigenvalue weighted by molar-refractivity contribution is 0.140. The van der Waals surface area contributed by atoms with Crippen molar-refractivity contribution in [3.63, 3.8) is 0 Å². The molecule has 0 amide bonds. The largest absolute Gasteiger partial charge is 0.299 e. The average Bonchev–Trinajstić information content (AvgIpc) is 3.09. The minimum Gasteiger partial charge on any atom is -0.299 e. The number of hydrogen-bond acceptors (Lipinski definition) is 3. The normalized spacial score (nSPS) is 28.2. The van der Waals surface area contributed by atoms with Crippen molar-refractivity contribution in [2.45, 2.75) is 51.6 Å². The Balaban J connectivity index is 1.74. The third kappa shape index (κ3) is 4.50. The van der Waals surface area contributed by atoms with Crippen molar-refractivity contribution in [1.82, 2.24) is 14.3 Å². The highest BCUT2D eigenvalue weighted by molar-refractivity contribution is 7.87. The van der Waals surface area contributed by atoms with Crippen LogP contribution in [-0.2, 0) is 10.2 Å². The fourth-order valence-corrected chi connectivity index (χ4v) is 3.67. The van der Waals surface area contributed by atoms with Crippen molar-refractivity contribution < 1.29 is 8.42 Å². The first-order valence-electron chi connectivity index (χ1n) is 6.97. The summed E-state index contributed by atoms with van der Waals surface area (Å²) >= 11 is 0. The first-order chi connectivity index (χ1) is 8.46. The molecule has 1 aliphatic carbocycles. The van der Waals surface area contributed by atoms with Crippen molar-refractivity contribution in [2.24, 2.45) is 5.92 Å². The predicted molar refractivity (Wildman–Crippen MR) is 72.5 cm³/mol. The van der Waals surface area contributed by atoms with E-state index in [9.17, 15) is 8.42 Å². The zero-order valence-electron chi connectivity index (χ0n) is 11.4. The van der Waals surface area contributed by atoms with Crippen molar-refractivity contribution in [2.75, 3.05) is 19.6 Å². The summed E-state index contributed by atoms with van der Waals surface area (Å²) in [6.45, 7) is 7.02. The molecule has 18 heavy (non-hydrogen) atoms.